The minimum atomic E-state index is -2.60. The highest BCUT2D eigenvalue weighted by Crippen LogP contribution is 2.39. The Labute approximate surface area is 141 Å². The molecule has 4 nitrogen and oxygen atoms in total. The second-order valence-electron chi connectivity index (χ2n) is 5.67. The number of thiophene rings is 1. The third kappa shape index (κ3) is 2.81. The predicted molar refractivity (Wildman–Crippen MR) is 91.1 cm³/mol. The fourth-order valence-corrected chi connectivity index (χ4v) is 4.92. The lowest BCUT2D eigenvalue weighted by molar-refractivity contribution is 0.0607. The fourth-order valence-electron chi connectivity index (χ4n) is 3.28. The summed E-state index contributed by atoms with van der Waals surface area (Å²) >= 11 is 1.37. The van der Waals surface area contributed by atoms with Gasteiger partial charge in [0.05, 0.1) is 12.0 Å². The van der Waals surface area contributed by atoms with E-state index in [2.05, 4.69) is 0 Å². The molecule has 1 heterocycles. The molecule has 3 rings (SSSR count). The first-order valence-electron chi connectivity index (χ1n) is 7.50. The largest absolute Gasteiger partial charge is 0.465 e. The minimum Gasteiger partial charge on any atom is -0.465 e. The molecule has 0 saturated heterocycles. The number of thiol groups is 1. The Balaban J connectivity index is 2.26. The number of hydrogen-bond acceptors (Lipinski definition) is 5. The maximum absolute atomic E-state index is 12.1. The average molecular weight is 350 g/mol. The van der Waals surface area contributed by atoms with Gasteiger partial charge in [0.15, 0.2) is 10.7 Å². The van der Waals surface area contributed by atoms with Crippen LogP contribution in [0.25, 0.3) is 11.1 Å². The number of carbonyl (C=O) groups excluding carboxylic acids is 1. The van der Waals surface area contributed by atoms with Crippen LogP contribution in [0.15, 0.2) is 22.4 Å². The number of hydrogen-bond donors (Lipinski definition) is 1. The summed E-state index contributed by atoms with van der Waals surface area (Å²) in [6, 6.07) is 3.51. The normalized spacial score (nSPS) is 13.9. The molecule has 0 fully saturated rings. The Morgan fingerprint density at radius 3 is 2.52 bits per heavy atom. The van der Waals surface area contributed by atoms with Crippen LogP contribution in [0, 0.1) is 6.92 Å². The highest BCUT2D eigenvalue weighted by molar-refractivity contribution is 7.72. The Morgan fingerprint density at radius 2 is 1.87 bits per heavy atom. The molecule has 6 heteroatoms. The molecular formula is C17H18O4S2. The van der Waals surface area contributed by atoms with Gasteiger partial charge in [-0.15, -0.1) is 11.3 Å². The summed E-state index contributed by atoms with van der Waals surface area (Å²) in [7, 11) is -1.22. The van der Waals surface area contributed by atoms with Crippen molar-refractivity contribution in [3.63, 3.8) is 0 Å². The monoisotopic (exact) mass is 350 g/mol. The van der Waals surface area contributed by atoms with E-state index in [1.54, 1.807) is 6.07 Å². The highest BCUT2D eigenvalue weighted by Gasteiger charge is 2.24. The van der Waals surface area contributed by atoms with Crippen LogP contribution >= 0.6 is 11.3 Å². The fraction of sp³-hybridized carbons (Fsp3) is 0.353. The quantitative estimate of drug-likeness (QED) is 0.681. The second kappa shape index (κ2) is 6.45. The van der Waals surface area contributed by atoms with Crippen LogP contribution in [0.3, 0.4) is 0 Å². The predicted octanol–water partition coefficient (Wildman–Crippen LogP) is 3.36. The zero-order valence-electron chi connectivity index (χ0n) is 13.0. The number of methoxy groups -OCH3 is 1. The number of fused-ring (bicyclic) bond motifs is 1. The van der Waals surface area contributed by atoms with Crippen LogP contribution in [0.5, 0.6) is 0 Å². The van der Waals surface area contributed by atoms with Crippen molar-refractivity contribution < 1.29 is 17.9 Å². The molecule has 1 aliphatic carbocycles. The Kier molecular flexibility index (Phi) is 4.55. The van der Waals surface area contributed by atoms with Gasteiger partial charge in [0, 0.05) is 5.56 Å². The van der Waals surface area contributed by atoms with Gasteiger partial charge in [-0.05, 0) is 66.3 Å². The molecule has 1 aromatic heterocycles. The number of benzene rings is 1. The molecule has 2 aromatic rings. The van der Waals surface area contributed by atoms with Crippen LogP contribution in [-0.2, 0) is 28.3 Å². The number of rotatable bonds is 3. The molecule has 0 atom stereocenters. The summed E-state index contributed by atoms with van der Waals surface area (Å²) in [5, 5.41) is 1.94. The Bertz CT molecular complexity index is 839. The highest BCUT2D eigenvalue weighted by atomic mass is 32.2. The van der Waals surface area contributed by atoms with E-state index in [0.29, 0.717) is 9.77 Å². The summed E-state index contributed by atoms with van der Waals surface area (Å²) in [6.45, 7) is 1.97. The van der Waals surface area contributed by atoms with E-state index < -0.39 is 10.7 Å². The molecular weight excluding hydrogens is 332 g/mol. The van der Waals surface area contributed by atoms with Crippen molar-refractivity contribution in [1.29, 1.82) is 0 Å². The number of esters is 1. The van der Waals surface area contributed by atoms with E-state index in [1.165, 1.54) is 18.4 Å². The first kappa shape index (κ1) is 16.2. The molecule has 0 saturated carbocycles. The molecule has 1 aromatic carbocycles. The van der Waals surface area contributed by atoms with E-state index in [1.807, 2.05) is 18.4 Å². The first-order valence-corrected chi connectivity index (χ1v) is 9.56. The van der Waals surface area contributed by atoms with Crippen molar-refractivity contribution in [3.8, 4) is 11.1 Å². The van der Waals surface area contributed by atoms with E-state index in [-0.39, 0.29) is 5.97 Å². The lowest BCUT2D eigenvalue weighted by Crippen LogP contribution is -2.09. The van der Waals surface area contributed by atoms with Crippen molar-refractivity contribution in [2.75, 3.05) is 7.11 Å². The maximum Gasteiger partial charge on any atom is 0.348 e. The molecule has 122 valence electrons. The van der Waals surface area contributed by atoms with Gasteiger partial charge >= 0.3 is 5.97 Å². The van der Waals surface area contributed by atoms with Crippen molar-refractivity contribution in [1.82, 2.24) is 0 Å². The molecule has 0 amide bonds. The van der Waals surface area contributed by atoms with Gasteiger partial charge in [-0.25, -0.2) is 13.2 Å². The summed E-state index contributed by atoms with van der Waals surface area (Å²) in [6.07, 6.45) is 3.66. The van der Waals surface area contributed by atoms with Gasteiger partial charge in [0.25, 0.3) is 0 Å². The van der Waals surface area contributed by atoms with Crippen molar-refractivity contribution in [3.05, 3.63) is 39.1 Å². The van der Waals surface area contributed by atoms with Crippen LogP contribution in [-0.4, -0.2) is 21.5 Å². The van der Waals surface area contributed by atoms with Crippen molar-refractivity contribution >= 4 is 28.0 Å². The smallest absolute Gasteiger partial charge is 0.348 e. The van der Waals surface area contributed by atoms with Crippen LogP contribution < -0.4 is 0 Å². The molecule has 23 heavy (non-hydrogen) atoms. The van der Waals surface area contributed by atoms with Crippen molar-refractivity contribution in [2.24, 2.45) is 0 Å². The van der Waals surface area contributed by atoms with Gasteiger partial charge in [0.1, 0.15) is 4.88 Å². The minimum absolute atomic E-state index is 0.346. The first-order chi connectivity index (χ1) is 11.0. The van der Waals surface area contributed by atoms with Gasteiger partial charge in [-0.2, -0.15) is 0 Å². The number of carbonyl (C=O) groups is 1. The zero-order valence-corrected chi connectivity index (χ0v) is 14.8. The topological polar surface area (TPSA) is 60.4 Å². The maximum atomic E-state index is 12.1. The Morgan fingerprint density at radius 1 is 1.17 bits per heavy atom. The summed E-state index contributed by atoms with van der Waals surface area (Å²) in [4.78, 5) is 13.1. The Hall–Kier alpha value is -1.66. The average Bonchev–Trinajstić information content (AvgIpc) is 2.94. The summed E-state index contributed by atoms with van der Waals surface area (Å²) in [5.74, 6) is -0.346. The van der Waals surface area contributed by atoms with Gasteiger partial charge in [0.2, 0.25) is 0 Å². The second-order valence-corrected chi connectivity index (χ2v) is 7.54. The van der Waals surface area contributed by atoms with Gasteiger partial charge in [-0.3, -0.25) is 0 Å². The summed E-state index contributed by atoms with van der Waals surface area (Å²) < 4.78 is 27.9. The summed E-state index contributed by atoms with van der Waals surface area (Å²) in [5.41, 5.74) is 4.86. The molecule has 0 N–H and O–H groups in total. The van der Waals surface area contributed by atoms with E-state index in [0.717, 1.165) is 53.5 Å². The van der Waals surface area contributed by atoms with E-state index >= 15 is 0 Å². The van der Waals surface area contributed by atoms with Crippen molar-refractivity contribution in [2.45, 2.75) is 37.5 Å². The van der Waals surface area contributed by atoms with E-state index in [4.69, 9.17) is 4.74 Å². The van der Waals surface area contributed by atoms with Crippen LogP contribution in [0.4, 0.5) is 0 Å². The van der Waals surface area contributed by atoms with Crippen LogP contribution in [0.1, 0.15) is 39.2 Å². The third-order valence-electron chi connectivity index (χ3n) is 4.32. The lowest BCUT2D eigenvalue weighted by Gasteiger charge is -2.21. The van der Waals surface area contributed by atoms with E-state index in [9.17, 15) is 13.2 Å². The number of aryl methyl sites for hydroxylation is 1. The van der Waals surface area contributed by atoms with Crippen LogP contribution in [0.2, 0.25) is 0 Å². The van der Waals surface area contributed by atoms with Gasteiger partial charge < -0.3 is 4.74 Å². The third-order valence-corrected chi connectivity index (χ3v) is 6.21. The molecule has 0 spiro atoms. The molecule has 0 aliphatic heterocycles. The molecule has 0 unspecified atom stereocenters. The zero-order chi connectivity index (χ0) is 16.6. The standard InChI is InChI=1S/C17H18O4S2/c1-10-9-22-16(17(18)21-2)15(10)13-7-8-14(23(19)20)12-6-4-3-5-11(12)13/h7-9,23H,3-6H2,1-2H3. The molecule has 0 bridgehead atoms. The molecule has 1 aliphatic rings. The lowest BCUT2D eigenvalue weighted by atomic mass is 9.85. The van der Waals surface area contributed by atoms with Gasteiger partial charge in [-0.1, -0.05) is 6.07 Å². The molecule has 0 radical (unpaired) electrons. The SMILES string of the molecule is COC(=O)c1scc(C)c1-c1ccc([SH](=O)=O)c2c1CCCC2. The number of ether oxygens (including phenoxy) is 1.